The number of likely N-dealkylation sites (N-methyl/N-ethyl adjacent to an activating group) is 1. The van der Waals surface area contributed by atoms with E-state index >= 15 is 0 Å². The van der Waals surface area contributed by atoms with Gasteiger partial charge >= 0.3 is 0 Å². The summed E-state index contributed by atoms with van der Waals surface area (Å²) in [6.45, 7) is 16.2. The number of anilines is 1. The third-order valence-corrected chi connectivity index (χ3v) is 7.15. The molecule has 2 aliphatic rings. The lowest BCUT2D eigenvalue weighted by Gasteiger charge is -2.33. The highest BCUT2D eigenvalue weighted by molar-refractivity contribution is 7.18. The van der Waals surface area contributed by atoms with Gasteiger partial charge in [0, 0.05) is 17.7 Å². The molecule has 5 nitrogen and oxygen atoms in total. The van der Waals surface area contributed by atoms with Gasteiger partial charge in [-0.05, 0) is 26.3 Å². The van der Waals surface area contributed by atoms with Crippen LogP contribution in [0.25, 0.3) is 10.2 Å². The first-order valence-corrected chi connectivity index (χ1v) is 10.7. The van der Waals surface area contributed by atoms with Gasteiger partial charge in [0.1, 0.15) is 17.2 Å². The van der Waals surface area contributed by atoms with Crippen molar-refractivity contribution in [1.82, 2.24) is 9.97 Å². The Morgan fingerprint density at radius 3 is 2.40 bits per heavy atom. The van der Waals surface area contributed by atoms with Gasteiger partial charge in [-0.1, -0.05) is 0 Å². The lowest BCUT2D eigenvalue weighted by Crippen LogP contribution is -3.14. The Labute approximate surface area is 154 Å². The molecule has 4 rings (SSSR count). The molecular formula is C19H31N5S+2. The van der Waals surface area contributed by atoms with Crippen LogP contribution in [-0.4, -0.2) is 55.8 Å². The topological polar surface area (TPSA) is 37.9 Å². The maximum atomic E-state index is 5.10. The van der Waals surface area contributed by atoms with E-state index in [1.165, 1.54) is 72.0 Å². The number of thiophene rings is 1. The van der Waals surface area contributed by atoms with Crippen molar-refractivity contribution in [2.45, 2.75) is 40.2 Å². The van der Waals surface area contributed by atoms with Crippen LogP contribution in [0.3, 0.4) is 0 Å². The minimum absolute atomic E-state index is 0.985. The van der Waals surface area contributed by atoms with E-state index in [-0.39, 0.29) is 0 Å². The van der Waals surface area contributed by atoms with Crippen molar-refractivity contribution in [3.8, 4) is 0 Å². The molecular weight excluding hydrogens is 330 g/mol. The second-order valence-corrected chi connectivity index (χ2v) is 8.85. The molecule has 2 N–H and O–H groups in total. The molecule has 0 radical (unpaired) electrons. The molecule has 25 heavy (non-hydrogen) atoms. The predicted octanol–water partition coefficient (Wildman–Crippen LogP) is 0.212. The van der Waals surface area contributed by atoms with E-state index < -0.39 is 0 Å². The summed E-state index contributed by atoms with van der Waals surface area (Å²) in [5.41, 5.74) is 1.38. The highest BCUT2D eigenvalue weighted by Gasteiger charge is 2.25. The Morgan fingerprint density at radius 1 is 1.00 bits per heavy atom. The third kappa shape index (κ3) is 3.39. The van der Waals surface area contributed by atoms with Crippen molar-refractivity contribution in [1.29, 1.82) is 0 Å². The Morgan fingerprint density at radius 2 is 1.72 bits per heavy atom. The normalized spacial score (nSPS) is 20.0. The molecule has 0 unspecified atom stereocenters. The minimum Gasteiger partial charge on any atom is -0.345 e. The molecule has 0 aliphatic carbocycles. The zero-order valence-corrected chi connectivity index (χ0v) is 16.6. The molecule has 136 valence electrons. The Hall–Kier alpha value is -1.24. The van der Waals surface area contributed by atoms with Crippen molar-refractivity contribution < 1.29 is 9.80 Å². The van der Waals surface area contributed by atoms with Crippen molar-refractivity contribution in [2.24, 2.45) is 0 Å². The molecule has 4 heterocycles. The van der Waals surface area contributed by atoms with Crippen LogP contribution in [0.1, 0.15) is 36.0 Å². The summed E-state index contributed by atoms with van der Waals surface area (Å²) in [5, 5.41) is 1.31. The van der Waals surface area contributed by atoms with E-state index in [1.807, 2.05) is 11.3 Å². The van der Waals surface area contributed by atoms with Crippen LogP contribution in [0.5, 0.6) is 0 Å². The molecule has 2 aromatic heterocycles. The molecule has 0 aromatic carbocycles. The number of hydrogen-bond acceptors (Lipinski definition) is 4. The third-order valence-electron chi connectivity index (χ3n) is 6.04. The molecule has 0 bridgehead atoms. The molecule has 2 saturated heterocycles. The van der Waals surface area contributed by atoms with E-state index in [0.29, 0.717) is 0 Å². The van der Waals surface area contributed by atoms with Gasteiger partial charge in [0.15, 0.2) is 5.82 Å². The number of aryl methyl sites for hydroxylation is 2. The summed E-state index contributed by atoms with van der Waals surface area (Å²) in [5.74, 6) is 2.25. The standard InChI is InChI=1S/C19H29N5S/c1-4-22-9-11-24(12-10-22)18-17-14(2)15(3)25-19(17)21-16(20-18)13-23-7-5-6-8-23/h4-13H2,1-3H3/p+2. The SMILES string of the molecule is CC[NH+]1CCN(c2nc(C[NH+]3CCCC3)nc3sc(C)c(C)c23)CC1. The average Bonchev–Trinajstić information content (AvgIpc) is 3.23. The molecule has 0 atom stereocenters. The van der Waals surface area contributed by atoms with Crippen LogP contribution >= 0.6 is 11.3 Å². The molecule has 0 saturated carbocycles. The fraction of sp³-hybridized carbons (Fsp3) is 0.684. The van der Waals surface area contributed by atoms with E-state index in [4.69, 9.17) is 9.97 Å². The van der Waals surface area contributed by atoms with Crippen LogP contribution < -0.4 is 14.7 Å². The van der Waals surface area contributed by atoms with Crippen molar-refractivity contribution in [2.75, 3.05) is 50.7 Å². The second-order valence-electron chi connectivity index (χ2n) is 7.65. The molecule has 0 spiro atoms. The molecule has 6 heteroatoms. The first kappa shape index (κ1) is 17.2. The number of nitrogens with one attached hydrogen (secondary N) is 2. The Bertz CT molecular complexity index is 742. The molecule has 2 fully saturated rings. The number of hydrogen-bond donors (Lipinski definition) is 2. The molecule has 2 aromatic rings. The van der Waals surface area contributed by atoms with Gasteiger partial charge in [-0.2, -0.15) is 0 Å². The molecule has 0 amide bonds. The second kappa shape index (κ2) is 7.17. The van der Waals surface area contributed by atoms with Gasteiger partial charge in [-0.25, -0.2) is 9.97 Å². The Kier molecular flexibility index (Phi) is 4.93. The van der Waals surface area contributed by atoms with Crippen molar-refractivity contribution in [3.63, 3.8) is 0 Å². The van der Waals surface area contributed by atoms with E-state index in [9.17, 15) is 0 Å². The number of fused-ring (bicyclic) bond motifs is 1. The van der Waals surface area contributed by atoms with Crippen LogP contribution in [0, 0.1) is 13.8 Å². The van der Waals surface area contributed by atoms with Crippen LogP contribution in [0.2, 0.25) is 0 Å². The van der Waals surface area contributed by atoms with Gasteiger partial charge in [0.05, 0.1) is 51.2 Å². The smallest absolute Gasteiger partial charge is 0.187 e. The van der Waals surface area contributed by atoms with E-state index in [1.54, 1.807) is 9.80 Å². The summed E-state index contributed by atoms with van der Waals surface area (Å²) < 4.78 is 0. The van der Waals surface area contributed by atoms with Gasteiger partial charge in [-0.3, -0.25) is 0 Å². The average molecular weight is 362 g/mol. The first-order chi connectivity index (χ1) is 12.2. The largest absolute Gasteiger partial charge is 0.345 e. The van der Waals surface area contributed by atoms with Crippen molar-refractivity contribution in [3.05, 3.63) is 16.3 Å². The quantitative estimate of drug-likeness (QED) is 0.818. The summed E-state index contributed by atoms with van der Waals surface area (Å²) in [4.78, 5) is 18.5. The summed E-state index contributed by atoms with van der Waals surface area (Å²) in [6.07, 6.45) is 2.70. The number of aromatic nitrogens is 2. The number of quaternary nitrogens is 2. The monoisotopic (exact) mass is 361 g/mol. The maximum Gasteiger partial charge on any atom is 0.187 e. The van der Waals surface area contributed by atoms with Gasteiger partial charge in [0.25, 0.3) is 0 Å². The van der Waals surface area contributed by atoms with Gasteiger partial charge in [0.2, 0.25) is 0 Å². The summed E-state index contributed by atoms with van der Waals surface area (Å²) in [6, 6.07) is 0. The summed E-state index contributed by atoms with van der Waals surface area (Å²) in [7, 11) is 0. The fourth-order valence-electron chi connectivity index (χ4n) is 4.24. The first-order valence-electron chi connectivity index (χ1n) is 9.84. The molecule has 2 aliphatic heterocycles. The fourth-order valence-corrected chi connectivity index (χ4v) is 5.29. The van der Waals surface area contributed by atoms with Crippen LogP contribution in [-0.2, 0) is 6.54 Å². The minimum atomic E-state index is 0.985. The highest BCUT2D eigenvalue weighted by Crippen LogP contribution is 2.34. The number of nitrogens with zero attached hydrogens (tertiary/aromatic N) is 3. The van der Waals surface area contributed by atoms with Crippen LogP contribution in [0.4, 0.5) is 5.82 Å². The number of piperazine rings is 1. The zero-order valence-electron chi connectivity index (χ0n) is 15.8. The number of likely N-dealkylation sites (tertiary alicyclic amines) is 1. The maximum absolute atomic E-state index is 5.10. The predicted molar refractivity (Wildman–Crippen MR) is 104 cm³/mol. The zero-order chi connectivity index (χ0) is 17.4. The Balaban J connectivity index is 1.69. The van der Waals surface area contributed by atoms with E-state index in [2.05, 4.69) is 25.7 Å². The van der Waals surface area contributed by atoms with Gasteiger partial charge < -0.3 is 14.7 Å². The summed E-state index contributed by atoms with van der Waals surface area (Å²) >= 11 is 1.84. The van der Waals surface area contributed by atoms with Gasteiger partial charge in [-0.15, -0.1) is 11.3 Å². The van der Waals surface area contributed by atoms with Crippen molar-refractivity contribution >= 4 is 27.4 Å². The van der Waals surface area contributed by atoms with Crippen LogP contribution in [0.15, 0.2) is 0 Å². The lowest BCUT2D eigenvalue weighted by molar-refractivity contribution is -0.902. The number of rotatable bonds is 4. The van der Waals surface area contributed by atoms with E-state index in [0.717, 1.165) is 25.5 Å². The lowest BCUT2D eigenvalue weighted by atomic mass is 10.2. The highest BCUT2D eigenvalue weighted by atomic mass is 32.1.